The van der Waals surface area contributed by atoms with E-state index in [1.165, 1.54) is 12.8 Å². The van der Waals surface area contributed by atoms with Crippen LogP contribution < -0.4 is 10.6 Å². The van der Waals surface area contributed by atoms with Crippen LogP contribution in [-0.2, 0) is 4.79 Å². The second-order valence-electron chi connectivity index (χ2n) is 4.46. The molecule has 1 rings (SSSR count). The number of carbonyl (C=O) groups is 1. The Bertz CT molecular complexity index is 268. The summed E-state index contributed by atoms with van der Waals surface area (Å²) >= 11 is 0. The first-order valence-corrected chi connectivity index (χ1v) is 6.33. The van der Waals surface area contributed by atoms with E-state index in [-0.39, 0.29) is 12.5 Å². The summed E-state index contributed by atoms with van der Waals surface area (Å²) in [7, 11) is 0. The van der Waals surface area contributed by atoms with Gasteiger partial charge in [0.15, 0.2) is 0 Å². The topological polar surface area (TPSA) is 68.2 Å². The van der Waals surface area contributed by atoms with Gasteiger partial charge in [-0.25, -0.2) is 0 Å². The molecule has 1 fully saturated rings. The summed E-state index contributed by atoms with van der Waals surface area (Å²) in [6.45, 7) is 6.61. The van der Waals surface area contributed by atoms with Gasteiger partial charge < -0.3 is 10.6 Å². The van der Waals surface area contributed by atoms with Crippen molar-refractivity contribution in [2.24, 2.45) is 5.92 Å². The van der Waals surface area contributed by atoms with Crippen LogP contribution in [0.15, 0.2) is 0 Å². The van der Waals surface area contributed by atoms with Gasteiger partial charge in [0, 0.05) is 6.54 Å². The van der Waals surface area contributed by atoms with Crippen LogP contribution in [0, 0.1) is 17.2 Å². The van der Waals surface area contributed by atoms with Crippen molar-refractivity contribution in [2.45, 2.75) is 19.8 Å². The van der Waals surface area contributed by atoms with Gasteiger partial charge >= 0.3 is 0 Å². The molecule has 0 aromatic heterocycles. The monoisotopic (exact) mass is 238 g/mol. The van der Waals surface area contributed by atoms with Crippen LogP contribution in [0.2, 0.25) is 0 Å². The number of hydrogen-bond donors (Lipinski definition) is 2. The van der Waals surface area contributed by atoms with E-state index < -0.39 is 0 Å². The number of amides is 1. The Morgan fingerprint density at radius 2 is 2.24 bits per heavy atom. The van der Waals surface area contributed by atoms with E-state index in [4.69, 9.17) is 5.26 Å². The fourth-order valence-electron chi connectivity index (χ4n) is 2.13. The van der Waals surface area contributed by atoms with Crippen molar-refractivity contribution >= 4 is 5.91 Å². The zero-order valence-electron chi connectivity index (χ0n) is 10.5. The van der Waals surface area contributed by atoms with Gasteiger partial charge in [-0.15, -0.1) is 0 Å². The molecule has 2 N–H and O–H groups in total. The van der Waals surface area contributed by atoms with E-state index in [1.54, 1.807) is 0 Å². The number of nitrogens with one attached hydrogen (secondary N) is 2. The minimum Gasteiger partial charge on any atom is -0.342 e. The van der Waals surface area contributed by atoms with Gasteiger partial charge in [-0.2, -0.15) is 5.26 Å². The van der Waals surface area contributed by atoms with Gasteiger partial charge in [0.2, 0.25) is 5.91 Å². The van der Waals surface area contributed by atoms with Crippen LogP contribution in [0.5, 0.6) is 0 Å². The predicted molar refractivity (Wildman–Crippen MR) is 66.3 cm³/mol. The van der Waals surface area contributed by atoms with Gasteiger partial charge in [-0.1, -0.05) is 6.92 Å². The highest BCUT2D eigenvalue weighted by Crippen LogP contribution is 2.12. The van der Waals surface area contributed by atoms with E-state index in [2.05, 4.69) is 22.5 Å². The lowest BCUT2D eigenvalue weighted by Gasteiger charge is -2.28. The number of nitrogens with zero attached hydrogens (tertiary/aromatic N) is 2. The zero-order chi connectivity index (χ0) is 12.5. The first-order valence-electron chi connectivity index (χ1n) is 6.33. The van der Waals surface area contributed by atoms with Crippen LogP contribution >= 0.6 is 0 Å². The highest BCUT2D eigenvalue weighted by molar-refractivity contribution is 5.78. The van der Waals surface area contributed by atoms with Crippen molar-refractivity contribution in [3.8, 4) is 6.07 Å². The molecule has 0 spiro atoms. The summed E-state index contributed by atoms with van der Waals surface area (Å²) in [4.78, 5) is 13.7. The number of carbonyl (C=O) groups excluding carboxylic acids is 1. The maximum Gasteiger partial charge on any atom is 0.235 e. The predicted octanol–water partition coefficient (Wildman–Crippen LogP) is -0.0523. The number of piperidine rings is 1. The molecule has 1 amide bonds. The SMILES string of the molecule is CCN(CC(=O)NCC#N)CC1CCNCC1. The van der Waals surface area contributed by atoms with Crippen LogP contribution in [0.3, 0.4) is 0 Å². The minimum absolute atomic E-state index is 0.0534. The third-order valence-electron chi connectivity index (χ3n) is 3.15. The van der Waals surface area contributed by atoms with Crippen molar-refractivity contribution in [1.29, 1.82) is 5.26 Å². The smallest absolute Gasteiger partial charge is 0.235 e. The quantitative estimate of drug-likeness (QED) is 0.637. The first-order chi connectivity index (χ1) is 8.26. The second kappa shape index (κ2) is 8.04. The molecule has 0 aromatic rings. The van der Waals surface area contributed by atoms with Gasteiger partial charge in [0.05, 0.1) is 12.6 Å². The lowest BCUT2D eigenvalue weighted by molar-refractivity contribution is -0.122. The molecule has 1 aliphatic rings. The maximum atomic E-state index is 11.5. The molecule has 0 bridgehead atoms. The highest BCUT2D eigenvalue weighted by Gasteiger charge is 2.17. The lowest BCUT2D eigenvalue weighted by Crippen LogP contribution is -2.41. The van der Waals surface area contributed by atoms with Crippen LogP contribution in [0.4, 0.5) is 0 Å². The average Bonchev–Trinajstić information content (AvgIpc) is 2.36. The van der Waals surface area contributed by atoms with Crippen molar-refractivity contribution < 1.29 is 4.79 Å². The molecule has 1 aliphatic heterocycles. The van der Waals surface area contributed by atoms with Gasteiger partial charge in [-0.05, 0) is 38.4 Å². The fourth-order valence-corrected chi connectivity index (χ4v) is 2.13. The van der Waals surface area contributed by atoms with Gasteiger partial charge in [0.1, 0.15) is 6.54 Å². The number of nitriles is 1. The van der Waals surface area contributed by atoms with Gasteiger partial charge in [0.25, 0.3) is 0 Å². The van der Waals surface area contributed by atoms with Crippen molar-refractivity contribution in [3.05, 3.63) is 0 Å². The third kappa shape index (κ3) is 5.66. The normalized spacial score (nSPS) is 16.8. The van der Waals surface area contributed by atoms with E-state index in [1.807, 2.05) is 6.07 Å². The van der Waals surface area contributed by atoms with Crippen LogP contribution in [-0.4, -0.2) is 50.1 Å². The molecule has 17 heavy (non-hydrogen) atoms. The molecule has 1 saturated heterocycles. The fraction of sp³-hybridized carbons (Fsp3) is 0.833. The average molecular weight is 238 g/mol. The second-order valence-corrected chi connectivity index (χ2v) is 4.46. The standard InChI is InChI=1S/C12H22N4O/c1-2-16(10-12(17)15-8-5-13)9-11-3-6-14-7-4-11/h11,14H,2-4,6-10H2,1H3,(H,15,17). The molecule has 1 heterocycles. The summed E-state index contributed by atoms with van der Waals surface area (Å²) < 4.78 is 0. The molecular formula is C12H22N4O. The third-order valence-corrected chi connectivity index (χ3v) is 3.15. The Kier molecular flexibility index (Phi) is 6.60. The van der Waals surface area contributed by atoms with E-state index in [0.29, 0.717) is 12.5 Å². The molecule has 0 aromatic carbocycles. The zero-order valence-corrected chi connectivity index (χ0v) is 10.5. The molecule has 96 valence electrons. The van der Waals surface area contributed by atoms with Crippen LogP contribution in [0.25, 0.3) is 0 Å². The summed E-state index contributed by atoms with van der Waals surface area (Å²) in [5, 5.41) is 14.3. The Morgan fingerprint density at radius 1 is 1.53 bits per heavy atom. The molecule has 0 atom stereocenters. The summed E-state index contributed by atoms with van der Waals surface area (Å²) in [5.74, 6) is 0.641. The molecule has 0 aliphatic carbocycles. The molecular weight excluding hydrogens is 216 g/mol. The molecule has 0 unspecified atom stereocenters. The van der Waals surface area contributed by atoms with E-state index in [9.17, 15) is 4.79 Å². The van der Waals surface area contributed by atoms with Gasteiger partial charge in [-0.3, -0.25) is 9.69 Å². The summed E-state index contributed by atoms with van der Waals surface area (Å²) in [6, 6.07) is 1.91. The van der Waals surface area contributed by atoms with Crippen molar-refractivity contribution in [1.82, 2.24) is 15.5 Å². The first kappa shape index (κ1) is 13.9. The Morgan fingerprint density at radius 3 is 2.82 bits per heavy atom. The Hall–Kier alpha value is -1.12. The molecule has 5 nitrogen and oxygen atoms in total. The van der Waals surface area contributed by atoms with E-state index in [0.717, 1.165) is 26.2 Å². The Balaban J connectivity index is 2.27. The summed E-state index contributed by atoms with van der Waals surface area (Å²) in [6.07, 6.45) is 2.38. The van der Waals surface area contributed by atoms with E-state index >= 15 is 0 Å². The van der Waals surface area contributed by atoms with Crippen molar-refractivity contribution in [3.63, 3.8) is 0 Å². The number of hydrogen-bond acceptors (Lipinski definition) is 4. The Labute approximate surface area is 103 Å². The molecule has 0 saturated carbocycles. The molecule has 5 heteroatoms. The highest BCUT2D eigenvalue weighted by atomic mass is 16.2. The number of rotatable bonds is 6. The van der Waals surface area contributed by atoms with Crippen LogP contribution in [0.1, 0.15) is 19.8 Å². The largest absolute Gasteiger partial charge is 0.342 e. The molecule has 0 radical (unpaired) electrons. The number of likely N-dealkylation sites (N-methyl/N-ethyl adjacent to an activating group) is 1. The lowest BCUT2D eigenvalue weighted by atomic mass is 9.97. The minimum atomic E-state index is -0.0534. The maximum absolute atomic E-state index is 11.5. The van der Waals surface area contributed by atoms with Crippen molar-refractivity contribution in [2.75, 3.05) is 39.3 Å². The summed E-state index contributed by atoms with van der Waals surface area (Å²) in [5.41, 5.74) is 0.